The van der Waals surface area contributed by atoms with Crippen LogP contribution in [0.2, 0.25) is 0 Å². The average molecular weight is 355 g/mol. The third kappa shape index (κ3) is 3.62. The highest BCUT2D eigenvalue weighted by molar-refractivity contribution is 5.89. The van der Waals surface area contributed by atoms with Gasteiger partial charge < -0.3 is 10.1 Å². The molecule has 2 aromatic rings. The summed E-state index contributed by atoms with van der Waals surface area (Å²) in [7, 11) is 1.34. The van der Waals surface area contributed by atoms with Crippen LogP contribution in [0.1, 0.15) is 47.2 Å². The van der Waals surface area contributed by atoms with Gasteiger partial charge in [0.2, 0.25) is 5.91 Å². The highest BCUT2D eigenvalue weighted by Gasteiger charge is 2.42. The minimum absolute atomic E-state index is 0.0716. The minimum atomic E-state index is -0.659. The van der Waals surface area contributed by atoms with Gasteiger partial charge in [0, 0.05) is 6.54 Å². The number of rotatable bonds is 5. The second-order valence-electron chi connectivity index (χ2n) is 6.67. The van der Waals surface area contributed by atoms with Gasteiger partial charge in [0.1, 0.15) is 5.82 Å². The number of carbonyl (C=O) groups is 2. The molecule has 0 heterocycles. The Morgan fingerprint density at radius 3 is 2.42 bits per heavy atom. The lowest BCUT2D eigenvalue weighted by Crippen LogP contribution is -2.42. The lowest BCUT2D eigenvalue weighted by atomic mass is 9.78. The van der Waals surface area contributed by atoms with Crippen molar-refractivity contribution in [1.82, 2.24) is 5.32 Å². The normalized spacial score (nSPS) is 15.5. The van der Waals surface area contributed by atoms with E-state index in [1.807, 2.05) is 6.07 Å². The highest BCUT2D eigenvalue weighted by atomic mass is 19.1. The molecule has 0 saturated heterocycles. The van der Waals surface area contributed by atoms with Gasteiger partial charge in [-0.3, -0.25) is 4.79 Å². The van der Waals surface area contributed by atoms with E-state index in [0.29, 0.717) is 12.1 Å². The first kappa shape index (κ1) is 18.1. The van der Waals surface area contributed by atoms with Crippen molar-refractivity contribution in [2.24, 2.45) is 0 Å². The fourth-order valence-electron chi connectivity index (χ4n) is 3.64. The maximum absolute atomic E-state index is 13.7. The summed E-state index contributed by atoms with van der Waals surface area (Å²) in [6, 6.07) is 13.3. The van der Waals surface area contributed by atoms with Crippen molar-refractivity contribution in [3.05, 3.63) is 71.0 Å². The molecule has 0 radical (unpaired) electrons. The zero-order chi connectivity index (χ0) is 18.6. The van der Waals surface area contributed by atoms with Gasteiger partial charge in [-0.15, -0.1) is 0 Å². The lowest BCUT2D eigenvalue weighted by Gasteiger charge is -2.28. The van der Waals surface area contributed by atoms with E-state index in [4.69, 9.17) is 0 Å². The Morgan fingerprint density at radius 1 is 1.12 bits per heavy atom. The van der Waals surface area contributed by atoms with E-state index >= 15 is 0 Å². The van der Waals surface area contributed by atoms with E-state index in [9.17, 15) is 14.0 Å². The molecule has 1 aliphatic carbocycles. The molecule has 136 valence electrons. The van der Waals surface area contributed by atoms with Crippen LogP contribution >= 0.6 is 0 Å². The van der Waals surface area contributed by atoms with Crippen molar-refractivity contribution >= 4 is 11.9 Å². The summed E-state index contributed by atoms with van der Waals surface area (Å²) in [5.41, 5.74) is 1.44. The molecule has 4 nitrogen and oxygen atoms in total. The second-order valence-corrected chi connectivity index (χ2v) is 6.67. The first-order valence-corrected chi connectivity index (χ1v) is 8.77. The third-order valence-corrected chi connectivity index (χ3v) is 5.10. The fraction of sp³-hybridized carbons (Fsp3) is 0.333. The molecule has 5 heteroatoms. The van der Waals surface area contributed by atoms with Crippen LogP contribution in [0.15, 0.2) is 48.5 Å². The van der Waals surface area contributed by atoms with Gasteiger partial charge in [-0.05, 0) is 48.2 Å². The first-order valence-electron chi connectivity index (χ1n) is 8.77. The number of amides is 1. The minimum Gasteiger partial charge on any atom is -0.465 e. The quantitative estimate of drug-likeness (QED) is 0.831. The maximum atomic E-state index is 13.7. The Balaban J connectivity index is 1.72. The predicted octanol–water partition coefficient (Wildman–Crippen LogP) is 3.74. The Kier molecular flexibility index (Phi) is 5.35. The number of halogens is 1. The average Bonchev–Trinajstić information content (AvgIpc) is 3.17. The smallest absolute Gasteiger partial charge is 0.337 e. The van der Waals surface area contributed by atoms with Crippen molar-refractivity contribution in [1.29, 1.82) is 0 Å². The van der Waals surface area contributed by atoms with Crippen LogP contribution in [-0.4, -0.2) is 19.0 Å². The van der Waals surface area contributed by atoms with Crippen molar-refractivity contribution in [3.8, 4) is 0 Å². The predicted molar refractivity (Wildman–Crippen MR) is 96.2 cm³/mol. The van der Waals surface area contributed by atoms with E-state index in [-0.39, 0.29) is 11.7 Å². The number of ether oxygens (including phenoxy) is 1. The molecule has 1 amide bonds. The summed E-state index contributed by atoms with van der Waals surface area (Å²) >= 11 is 0. The SMILES string of the molecule is COC(=O)c1ccc(CNC(=O)C2(c3cccc(F)c3)CCCC2)cc1. The topological polar surface area (TPSA) is 55.4 Å². The third-order valence-electron chi connectivity index (χ3n) is 5.10. The molecular formula is C21H22FNO3. The van der Waals surface area contributed by atoms with Crippen LogP contribution in [0.25, 0.3) is 0 Å². The zero-order valence-electron chi connectivity index (χ0n) is 14.8. The lowest BCUT2D eigenvalue weighted by molar-refractivity contribution is -0.126. The number of hydrogen-bond acceptors (Lipinski definition) is 3. The molecule has 26 heavy (non-hydrogen) atoms. The van der Waals surface area contributed by atoms with Gasteiger partial charge in [0.25, 0.3) is 0 Å². The van der Waals surface area contributed by atoms with Crippen LogP contribution in [0.5, 0.6) is 0 Å². The molecule has 0 aromatic heterocycles. The van der Waals surface area contributed by atoms with Gasteiger partial charge in [-0.2, -0.15) is 0 Å². The Morgan fingerprint density at radius 2 is 1.81 bits per heavy atom. The number of esters is 1. The summed E-state index contributed by atoms with van der Waals surface area (Å²) in [5, 5.41) is 2.98. The first-order chi connectivity index (χ1) is 12.5. The molecule has 1 fully saturated rings. The number of benzene rings is 2. The second kappa shape index (κ2) is 7.68. The summed E-state index contributed by atoms with van der Waals surface area (Å²) < 4.78 is 18.3. The summed E-state index contributed by atoms with van der Waals surface area (Å²) in [5.74, 6) is -0.783. The van der Waals surface area contributed by atoms with Crippen molar-refractivity contribution < 1.29 is 18.7 Å². The van der Waals surface area contributed by atoms with Gasteiger partial charge >= 0.3 is 5.97 Å². The molecule has 1 N–H and O–H groups in total. The van der Waals surface area contributed by atoms with Gasteiger partial charge in [-0.1, -0.05) is 37.1 Å². The number of nitrogens with one attached hydrogen (secondary N) is 1. The molecular weight excluding hydrogens is 333 g/mol. The van der Waals surface area contributed by atoms with E-state index in [1.54, 1.807) is 30.3 Å². The fourth-order valence-corrected chi connectivity index (χ4v) is 3.64. The Bertz CT molecular complexity index is 795. The van der Waals surface area contributed by atoms with Gasteiger partial charge in [0.05, 0.1) is 18.1 Å². The zero-order valence-corrected chi connectivity index (χ0v) is 14.8. The number of carbonyl (C=O) groups excluding carboxylic acids is 2. The van der Waals surface area contributed by atoms with Crippen molar-refractivity contribution in [2.45, 2.75) is 37.6 Å². The van der Waals surface area contributed by atoms with Crippen LogP contribution in [0.4, 0.5) is 4.39 Å². The van der Waals surface area contributed by atoms with Gasteiger partial charge in [-0.25, -0.2) is 9.18 Å². The van der Waals surface area contributed by atoms with Crippen LogP contribution < -0.4 is 5.32 Å². The van der Waals surface area contributed by atoms with Crippen molar-refractivity contribution in [3.63, 3.8) is 0 Å². The molecule has 2 aromatic carbocycles. The number of methoxy groups -OCH3 is 1. The molecule has 0 aliphatic heterocycles. The largest absolute Gasteiger partial charge is 0.465 e. The number of hydrogen-bond donors (Lipinski definition) is 1. The van der Waals surface area contributed by atoms with Crippen LogP contribution in [0.3, 0.4) is 0 Å². The highest BCUT2D eigenvalue weighted by Crippen LogP contribution is 2.41. The Hall–Kier alpha value is -2.69. The van der Waals surface area contributed by atoms with Crippen LogP contribution in [0, 0.1) is 5.82 Å². The van der Waals surface area contributed by atoms with E-state index in [1.165, 1.54) is 19.2 Å². The molecule has 1 saturated carbocycles. The van der Waals surface area contributed by atoms with Crippen LogP contribution in [-0.2, 0) is 21.5 Å². The maximum Gasteiger partial charge on any atom is 0.337 e. The molecule has 1 aliphatic rings. The molecule has 0 unspecified atom stereocenters. The van der Waals surface area contributed by atoms with Gasteiger partial charge in [0.15, 0.2) is 0 Å². The Labute approximate surface area is 152 Å². The van der Waals surface area contributed by atoms with E-state index in [0.717, 1.165) is 36.8 Å². The van der Waals surface area contributed by atoms with E-state index < -0.39 is 11.4 Å². The summed E-state index contributed by atoms with van der Waals surface area (Å²) in [6.07, 6.45) is 3.36. The standard InChI is InChI=1S/C21H22FNO3/c1-26-19(24)16-9-7-15(8-10-16)14-23-20(25)21(11-2-3-12-21)17-5-4-6-18(22)13-17/h4-10,13H,2-3,11-12,14H2,1H3,(H,23,25). The molecule has 3 rings (SSSR count). The molecule has 0 atom stereocenters. The molecule has 0 bridgehead atoms. The molecule has 0 spiro atoms. The monoisotopic (exact) mass is 355 g/mol. The van der Waals surface area contributed by atoms with E-state index in [2.05, 4.69) is 10.1 Å². The van der Waals surface area contributed by atoms with Crippen molar-refractivity contribution in [2.75, 3.05) is 7.11 Å². The summed E-state index contributed by atoms with van der Waals surface area (Å²) in [4.78, 5) is 24.4. The summed E-state index contributed by atoms with van der Waals surface area (Å²) in [6.45, 7) is 0.358.